The molecule has 0 aliphatic heterocycles. The fourth-order valence-corrected chi connectivity index (χ4v) is 1.71. The highest BCUT2D eigenvalue weighted by Gasteiger charge is 2.12. The third kappa shape index (κ3) is 2.57. The summed E-state index contributed by atoms with van der Waals surface area (Å²) in [5.74, 6) is 0.205. The van der Waals surface area contributed by atoms with Gasteiger partial charge in [0.2, 0.25) is 12.1 Å². The Morgan fingerprint density at radius 1 is 1.58 bits per heavy atom. The highest BCUT2D eigenvalue weighted by atomic mass is 35.5. The summed E-state index contributed by atoms with van der Waals surface area (Å²) in [4.78, 5) is 12.0. The van der Waals surface area contributed by atoms with Crippen molar-refractivity contribution < 1.29 is 21.8 Å². The molecule has 0 amide bonds. The molecule has 1 aromatic heterocycles. The van der Waals surface area contributed by atoms with Crippen molar-refractivity contribution in [1.29, 1.82) is 0 Å². The lowest BCUT2D eigenvalue weighted by Gasteiger charge is -1.89. The second-order valence-corrected chi connectivity index (χ2v) is 3.75. The molecular weight excluding hydrogens is 194 g/mol. The molecular formula is C8H12ClNOS. The van der Waals surface area contributed by atoms with E-state index in [9.17, 15) is 4.79 Å². The molecule has 0 bridgehead atoms. The van der Waals surface area contributed by atoms with Gasteiger partial charge in [-0.25, -0.2) is 0 Å². The molecule has 0 atom stereocenters. The molecule has 0 saturated heterocycles. The van der Waals surface area contributed by atoms with Gasteiger partial charge in [0.05, 0.1) is 4.88 Å². The number of rotatable bonds is 2. The van der Waals surface area contributed by atoms with Gasteiger partial charge in [0.25, 0.3) is 0 Å². The Bertz CT molecular complexity index is 283. The van der Waals surface area contributed by atoms with E-state index in [4.69, 9.17) is 0 Å². The summed E-state index contributed by atoms with van der Waals surface area (Å²) in [7, 11) is 0. The van der Waals surface area contributed by atoms with Gasteiger partial charge in [0, 0.05) is 13.8 Å². The van der Waals surface area contributed by atoms with E-state index < -0.39 is 0 Å². The maximum atomic E-state index is 10.8. The van der Waals surface area contributed by atoms with E-state index >= 15 is 0 Å². The molecule has 0 radical (unpaired) electrons. The van der Waals surface area contributed by atoms with Crippen LogP contribution in [-0.2, 0) is 11.3 Å². The van der Waals surface area contributed by atoms with Crippen LogP contribution in [0.1, 0.15) is 17.5 Å². The topological polar surface area (TPSA) is 20.9 Å². The molecule has 1 heterocycles. The molecule has 1 rings (SSSR count). The van der Waals surface area contributed by atoms with Crippen molar-refractivity contribution in [2.75, 3.05) is 0 Å². The number of hydrogen-bond donors (Lipinski definition) is 0. The van der Waals surface area contributed by atoms with E-state index in [1.807, 2.05) is 17.0 Å². The average Bonchev–Trinajstić information content (AvgIpc) is 2.18. The van der Waals surface area contributed by atoms with Crippen LogP contribution in [0.3, 0.4) is 0 Å². The monoisotopic (exact) mass is 205 g/mol. The first-order valence-electron chi connectivity index (χ1n) is 3.55. The van der Waals surface area contributed by atoms with Crippen LogP contribution < -0.4 is 17.0 Å². The maximum Gasteiger partial charge on any atom is 0.225 e. The summed E-state index contributed by atoms with van der Waals surface area (Å²) < 4.78 is 1.99. The van der Waals surface area contributed by atoms with E-state index in [2.05, 4.69) is 6.92 Å². The first-order valence-corrected chi connectivity index (χ1v) is 4.43. The summed E-state index contributed by atoms with van der Waals surface area (Å²) in [5, 5.41) is 0. The molecule has 1 aromatic rings. The average molecular weight is 206 g/mol. The number of carbonyl (C=O) groups is 1. The number of hydrogen-bond acceptors (Lipinski definition) is 2. The van der Waals surface area contributed by atoms with Crippen LogP contribution in [0, 0.1) is 13.8 Å². The normalized spacial score (nSPS) is 9.25. The second kappa shape index (κ2) is 4.58. The van der Waals surface area contributed by atoms with Crippen molar-refractivity contribution in [3.8, 4) is 0 Å². The first-order chi connectivity index (χ1) is 5.11. The van der Waals surface area contributed by atoms with Crippen LogP contribution in [0.25, 0.3) is 0 Å². The minimum absolute atomic E-state index is 0. The third-order valence-corrected chi connectivity index (χ3v) is 2.70. The Balaban J connectivity index is 0.00000121. The molecule has 4 heteroatoms. The summed E-state index contributed by atoms with van der Waals surface area (Å²) in [6, 6.07) is 0. The van der Waals surface area contributed by atoms with Crippen LogP contribution in [0.2, 0.25) is 0 Å². The number of halogens is 1. The van der Waals surface area contributed by atoms with Crippen molar-refractivity contribution in [2.45, 2.75) is 27.3 Å². The first kappa shape index (κ1) is 11.6. The number of ketones is 1. The van der Waals surface area contributed by atoms with Crippen LogP contribution in [0.4, 0.5) is 0 Å². The minimum Gasteiger partial charge on any atom is -1.00 e. The van der Waals surface area contributed by atoms with Gasteiger partial charge in [0.1, 0.15) is 0 Å². The van der Waals surface area contributed by atoms with Gasteiger partial charge in [-0.2, -0.15) is 4.57 Å². The molecule has 68 valence electrons. The fourth-order valence-electron chi connectivity index (χ4n) is 0.905. The van der Waals surface area contributed by atoms with Gasteiger partial charge in [-0.05, 0) is 6.92 Å². The van der Waals surface area contributed by atoms with Crippen LogP contribution >= 0.6 is 11.3 Å². The van der Waals surface area contributed by atoms with Gasteiger partial charge in [-0.15, -0.1) is 0 Å². The molecule has 0 aromatic carbocycles. The van der Waals surface area contributed by atoms with E-state index in [1.165, 1.54) is 10.6 Å². The van der Waals surface area contributed by atoms with Crippen molar-refractivity contribution in [3.63, 3.8) is 0 Å². The largest absolute Gasteiger partial charge is 1.00 e. The zero-order valence-corrected chi connectivity index (χ0v) is 9.00. The van der Waals surface area contributed by atoms with Crippen LogP contribution in [0.5, 0.6) is 0 Å². The van der Waals surface area contributed by atoms with E-state index in [-0.39, 0.29) is 18.2 Å². The predicted octanol–water partition coefficient (Wildman–Crippen LogP) is -1.75. The van der Waals surface area contributed by atoms with Crippen molar-refractivity contribution in [3.05, 3.63) is 16.1 Å². The number of aryl methyl sites for hydroxylation is 1. The maximum absolute atomic E-state index is 10.8. The van der Waals surface area contributed by atoms with Gasteiger partial charge >= 0.3 is 0 Å². The number of carbonyl (C=O) groups excluding carboxylic acids is 1. The summed E-state index contributed by atoms with van der Waals surface area (Å²) >= 11 is 1.68. The number of nitrogens with zero attached hydrogens (tertiary/aromatic N) is 1. The molecule has 0 unspecified atom stereocenters. The lowest BCUT2D eigenvalue weighted by atomic mass is 10.4. The number of aromatic nitrogens is 1. The quantitative estimate of drug-likeness (QED) is 0.525. The lowest BCUT2D eigenvalue weighted by Crippen LogP contribution is -3.00. The molecule has 0 aliphatic carbocycles. The van der Waals surface area contributed by atoms with Gasteiger partial charge in [-0.1, -0.05) is 11.3 Å². The van der Waals surface area contributed by atoms with Gasteiger partial charge < -0.3 is 12.4 Å². The molecule has 0 spiro atoms. The Morgan fingerprint density at radius 3 is 2.50 bits per heavy atom. The van der Waals surface area contributed by atoms with E-state index in [0.717, 1.165) is 0 Å². The molecule has 0 aliphatic rings. The van der Waals surface area contributed by atoms with Gasteiger partial charge in [-0.3, -0.25) is 4.79 Å². The molecule has 0 fully saturated rings. The Hall–Kier alpha value is -0.410. The number of Topliss-reactive ketones (excluding diaryl/α,β-unsaturated/α-hetero) is 1. The zero-order chi connectivity index (χ0) is 8.43. The molecule has 0 N–H and O–H groups in total. The Labute approximate surface area is 82.6 Å². The Morgan fingerprint density at radius 2 is 2.17 bits per heavy atom. The standard InChI is InChI=1S/C8H12NOS.ClH/c1-6(10)4-9-5-11-8(3)7(9)2;/h5H,4H2,1-3H3;1H/q+1;/p-1. The van der Waals surface area contributed by atoms with E-state index in [0.29, 0.717) is 6.54 Å². The summed E-state index contributed by atoms with van der Waals surface area (Å²) in [5.41, 5.74) is 3.19. The molecule has 0 saturated carbocycles. The van der Waals surface area contributed by atoms with Gasteiger partial charge in [0.15, 0.2) is 11.5 Å². The highest BCUT2D eigenvalue weighted by molar-refractivity contribution is 7.09. The highest BCUT2D eigenvalue weighted by Crippen LogP contribution is 2.07. The van der Waals surface area contributed by atoms with Crippen LogP contribution in [0.15, 0.2) is 5.51 Å². The predicted molar refractivity (Wildman–Crippen MR) is 44.7 cm³/mol. The van der Waals surface area contributed by atoms with Crippen molar-refractivity contribution in [1.82, 2.24) is 0 Å². The second-order valence-electron chi connectivity index (χ2n) is 2.69. The fraction of sp³-hybridized carbons (Fsp3) is 0.500. The van der Waals surface area contributed by atoms with Crippen LogP contribution in [-0.4, -0.2) is 5.78 Å². The smallest absolute Gasteiger partial charge is 0.225 e. The summed E-state index contributed by atoms with van der Waals surface area (Å²) in [6.45, 7) is 6.22. The van der Waals surface area contributed by atoms with E-state index in [1.54, 1.807) is 18.3 Å². The third-order valence-electron chi connectivity index (χ3n) is 1.69. The molecule has 2 nitrogen and oxygen atoms in total. The minimum atomic E-state index is 0. The summed E-state index contributed by atoms with van der Waals surface area (Å²) in [6.07, 6.45) is 0. The van der Waals surface area contributed by atoms with Crippen molar-refractivity contribution in [2.24, 2.45) is 0 Å². The molecule has 12 heavy (non-hydrogen) atoms. The lowest BCUT2D eigenvalue weighted by molar-refractivity contribution is -0.685. The SMILES string of the molecule is CC(=O)C[n+]1csc(C)c1C.[Cl-]. The van der Waals surface area contributed by atoms with Crippen molar-refractivity contribution >= 4 is 17.1 Å². The zero-order valence-electron chi connectivity index (χ0n) is 7.43. The Kier molecular flexibility index (Phi) is 4.42. The number of thiazole rings is 1.